The molecule has 132 valence electrons. The first-order valence-corrected chi connectivity index (χ1v) is 8.57. The second-order valence-corrected chi connectivity index (χ2v) is 6.30. The van der Waals surface area contributed by atoms with E-state index in [1.807, 2.05) is 24.3 Å². The van der Waals surface area contributed by atoms with Crippen LogP contribution in [0.15, 0.2) is 42.5 Å². The topological polar surface area (TPSA) is 50.8 Å². The number of amides is 1. The monoisotopic (exact) mass is 360 g/mol. The Balaban J connectivity index is 1.60. The first kappa shape index (κ1) is 17.7. The van der Waals surface area contributed by atoms with E-state index in [1.165, 1.54) is 5.56 Å². The van der Waals surface area contributed by atoms with Crippen molar-refractivity contribution in [2.24, 2.45) is 0 Å². The van der Waals surface area contributed by atoms with Crippen LogP contribution in [0.5, 0.6) is 5.75 Å². The molecular formula is C19H21ClN2O3. The Morgan fingerprint density at radius 3 is 2.56 bits per heavy atom. The molecule has 0 radical (unpaired) electrons. The van der Waals surface area contributed by atoms with Crippen molar-refractivity contribution < 1.29 is 14.3 Å². The highest BCUT2D eigenvalue weighted by Crippen LogP contribution is 2.25. The van der Waals surface area contributed by atoms with Gasteiger partial charge in [-0.1, -0.05) is 23.7 Å². The summed E-state index contributed by atoms with van der Waals surface area (Å²) in [5.41, 5.74) is 2.46. The van der Waals surface area contributed by atoms with Crippen LogP contribution in [-0.4, -0.2) is 44.2 Å². The van der Waals surface area contributed by atoms with E-state index in [0.29, 0.717) is 16.3 Å². The molecule has 1 N–H and O–H groups in total. The van der Waals surface area contributed by atoms with Crippen molar-refractivity contribution >= 4 is 23.2 Å². The van der Waals surface area contributed by atoms with E-state index in [1.54, 1.807) is 25.3 Å². The minimum atomic E-state index is -0.203. The predicted octanol–water partition coefficient (Wildman–Crippen LogP) is 3.43. The number of ether oxygens (including phenoxy) is 2. The van der Waals surface area contributed by atoms with Crippen LogP contribution in [0.3, 0.4) is 0 Å². The number of rotatable bonds is 5. The summed E-state index contributed by atoms with van der Waals surface area (Å²) in [6.07, 6.45) is 0. The normalized spacial score (nSPS) is 15.0. The average Bonchev–Trinajstić information content (AvgIpc) is 2.64. The Hall–Kier alpha value is -2.08. The zero-order valence-electron chi connectivity index (χ0n) is 14.1. The number of hydrogen-bond acceptors (Lipinski definition) is 4. The van der Waals surface area contributed by atoms with Gasteiger partial charge in [0.15, 0.2) is 0 Å². The molecule has 6 heteroatoms. The molecule has 0 spiro atoms. The van der Waals surface area contributed by atoms with Crippen molar-refractivity contribution in [1.29, 1.82) is 0 Å². The van der Waals surface area contributed by atoms with E-state index in [2.05, 4.69) is 10.2 Å². The molecule has 2 aromatic rings. The standard InChI is InChI=1S/C19H21ClN2O3/c1-24-18-7-4-15(12-17(18)20)19(23)21-16-5-2-14(3-6-16)13-22-8-10-25-11-9-22/h2-7,12H,8-11,13H2,1H3,(H,21,23). The van der Waals surface area contributed by atoms with Gasteiger partial charge < -0.3 is 14.8 Å². The summed E-state index contributed by atoms with van der Waals surface area (Å²) in [7, 11) is 1.54. The second-order valence-electron chi connectivity index (χ2n) is 5.89. The lowest BCUT2D eigenvalue weighted by Crippen LogP contribution is -2.35. The van der Waals surface area contributed by atoms with Crippen molar-refractivity contribution in [1.82, 2.24) is 4.90 Å². The Morgan fingerprint density at radius 2 is 1.92 bits per heavy atom. The van der Waals surface area contributed by atoms with Gasteiger partial charge in [-0.25, -0.2) is 0 Å². The molecule has 3 rings (SSSR count). The average molecular weight is 361 g/mol. The summed E-state index contributed by atoms with van der Waals surface area (Å²) >= 11 is 6.07. The van der Waals surface area contributed by atoms with Crippen molar-refractivity contribution in [3.05, 3.63) is 58.6 Å². The quantitative estimate of drug-likeness (QED) is 0.887. The molecule has 1 amide bonds. The maximum absolute atomic E-state index is 12.3. The molecule has 1 aliphatic rings. The fraction of sp³-hybridized carbons (Fsp3) is 0.316. The Kier molecular flexibility index (Phi) is 5.91. The first-order valence-electron chi connectivity index (χ1n) is 8.19. The summed E-state index contributed by atoms with van der Waals surface area (Å²) in [6.45, 7) is 4.39. The van der Waals surface area contributed by atoms with Gasteiger partial charge in [-0.15, -0.1) is 0 Å². The molecule has 1 fully saturated rings. The maximum atomic E-state index is 12.3. The van der Waals surface area contributed by atoms with Crippen molar-refractivity contribution in [2.75, 3.05) is 38.7 Å². The van der Waals surface area contributed by atoms with Crippen LogP contribution in [0.2, 0.25) is 5.02 Å². The van der Waals surface area contributed by atoms with Crippen LogP contribution in [0.25, 0.3) is 0 Å². The Morgan fingerprint density at radius 1 is 1.20 bits per heavy atom. The zero-order valence-corrected chi connectivity index (χ0v) is 14.9. The summed E-state index contributed by atoms with van der Waals surface area (Å²) in [5.74, 6) is 0.344. The summed E-state index contributed by atoms with van der Waals surface area (Å²) in [5, 5.41) is 3.29. The van der Waals surface area contributed by atoms with Crippen molar-refractivity contribution in [2.45, 2.75) is 6.54 Å². The molecule has 1 saturated heterocycles. The molecule has 0 saturated carbocycles. The van der Waals surface area contributed by atoms with E-state index in [0.717, 1.165) is 38.5 Å². The molecule has 0 bridgehead atoms. The van der Waals surface area contributed by atoms with E-state index in [9.17, 15) is 4.79 Å². The van der Waals surface area contributed by atoms with Gasteiger partial charge >= 0.3 is 0 Å². The second kappa shape index (κ2) is 8.34. The molecule has 0 aliphatic carbocycles. The number of carbonyl (C=O) groups excluding carboxylic acids is 1. The number of nitrogens with zero attached hydrogens (tertiary/aromatic N) is 1. The number of anilines is 1. The van der Waals surface area contributed by atoms with Crippen LogP contribution in [0, 0.1) is 0 Å². The third kappa shape index (κ3) is 4.72. The predicted molar refractivity (Wildman–Crippen MR) is 98.5 cm³/mol. The highest BCUT2D eigenvalue weighted by Gasteiger charge is 2.12. The number of methoxy groups -OCH3 is 1. The van der Waals surface area contributed by atoms with E-state index >= 15 is 0 Å². The fourth-order valence-electron chi connectivity index (χ4n) is 2.72. The van der Waals surface area contributed by atoms with Crippen LogP contribution in [0.1, 0.15) is 15.9 Å². The number of halogens is 1. The third-order valence-electron chi connectivity index (χ3n) is 4.14. The molecule has 0 atom stereocenters. The molecule has 5 nitrogen and oxygen atoms in total. The summed E-state index contributed by atoms with van der Waals surface area (Å²) < 4.78 is 10.5. The lowest BCUT2D eigenvalue weighted by atomic mass is 10.1. The van der Waals surface area contributed by atoms with Gasteiger partial charge in [-0.3, -0.25) is 9.69 Å². The number of morpholine rings is 1. The maximum Gasteiger partial charge on any atom is 0.255 e. The molecule has 1 aliphatic heterocycles. The lowest BCUT2D eigenvalue weighted by Gasteiger charge is -2.26. The molecule has 2 aromatic carbocycles. The zero-order chi connectivity index (χ0) is 17.6. The molecule has 1 heterocycles. The SMILES string of the molecule is COc1ccc(C(=O)Nc2ccc(CN3CCOCC3)cc2)cc1Cl. The molecular weight excluding hydrogens is 340 g/mol. The van der Waals surface area contributed by atoms with Crippen molar-refractivity contribution in [3.8, 4) is 5.75 Å². The number of nitrogens with one attached hydrogen (secondary N) is 1. The van der Waals surface area contributed by atoms with Crippen LogP contribution in [-0.2, 0) is 11.3 Å². The van der Waals surface area contributed by atoms with Gasteiger partial charge in [-0.05, 0) is 35.9 Å². The van der Waals surface area contributed by atoms with Gasteiger partial charge in [0.05, 0.1) is 25.3 Å². The third-order valence-corrected chi connectivity index (χ3v) is 4.43. The van der Waals surface area contributed by atoms with E-state index < -0.39 is 0 Å². The smallest absolute Gasteiger partial charge is 0.255 e. The van der Waals surface area contributed by atoms with Gasteiger partial charge in [0.1, 0.15) is 5.75 Å². The molecule has 0 aromatic heterocycles. The fourth-order valence-corrected chi connectivity index (χ4v) is 2.98. The van der Waals surface area contributed by atoms with Crippen LogP contribution < -0.4 is 10.1 Å². The lowest BCUT2D eigenvalue weighted by molar-refractivity contribution is 0.0342. The number of carbonyl (C=O) groups is 1. The largest absolute Gasteiger partial charge is 0.495 e. The minimum Gasteiger partial charge on any atom is -0.495 e. The van der Waals surface area contributed by atoms with E-state index in [-0.39, 0.29) is 5.91 Å². The molecule has 0 unspecified atom stereocenters. The number of hydrogen-bond donors (Lipinski definition) is 1. The van der Waals surface area contributed by atoms with Gasteiger partial charge in [-0.2, -0.15) is 0 Å². The van der Waals surface area contributed by atoms with Crippen molar-refractivity contribution in [3.63, 3.8) is 0 Å². The van der Waals surface area contributed by atoms with Gasteiger partial charge in [0.25, 0.3) is 5.91 Å². The Labute approximate surface area is 152 Å². The summed E-state index contributed by atoms with van der Waals surface area (Å²) in [6, 6.07) is 12.9. The summed E-state index contributed by atoms with van der Waals surface area (Å²) in [4.78, 5) is 14.7. The van der Waals surface area contributed by atoms with E-state index in [4.69, 9.17) is 21.1 Å². The van der Waals surface area contributed by atoms with Gasteiger partial charge in [0.2, 0.25) is 0 Å². The molecule has 25 heavy (non-hydrogen) atoms. The van der Waals surface area contributed by atoms with Crippen LogP contribution >= 0.6 is 11.6 Å². The Bertz CT molecular complexity index is 728. The van der Waals surface area contributed by atoms with Gasteiger partial charge in [0, 0.05) is 30.9 Å². The van der Waals surface area contributed by atoms with Crippen LogP contribution in [0.4, 0.5) is 5.69 Å². The first-order chi connectivity index (χ1) is 12.2. The highest BCUT2D eigenvalue weighted by molar-refractivity contribution is 6.32. The highest BCUT2D eigenvalue weighted by atomic mass is 35.5. The number of benzene rings is 2. The minimum absolute atomic E-state index is 0.203.